The number of rotatable bonds is 10. The fourth-order valence-electron chi connectivity index (χ4n) is 2.72. The molecule has 3 amide bonds. The van der Waals surface area contributed by atoms with Crippen molar-refractivity contribution in [2.24, 2.45) is 5.92 Å². The van der Waals surface area contributed by atoms with Gasteiger partial charge in [0, 0.05) is 24.6 Å². The molecule has 2 unspecified atom stereocenters. The van der Waals surface area contributed by atoms with Crippen LogP contribution < -0.4 is 16.0 Å². The van der Waals surface area contributed by atoms with E-state index < -0.39 is 35.8 Å². The predicted molar refractivity (Wildman–Crippen MR) is 110 cm³/mol. The first-order chi connectivity index (χ1) is 14.8. The number of carbonyl (C=O) groups is 4. The number of ketones is 1. The van der Waals surface area contributed by atoms with E-state index in [2.05, 4.69) is 20.9 Å². The van der Waals surface area contributed by atoms with Gasteiger partial charge in [-0.2, -0.15) is 0 Å². The quantitative estimate of drug-likeness (QED) is 0.324. The van der Waals surface area contributed by atoms with Gasteiger partial charge in [-0.25, -0.2) is 9.78 Å². The number of carbonyl (C=O) groups excluding carboxylic acids is 4. The number of thiazole rings is 1. The van der Waals surface area contributed by atoms with Gasteiger partial charge in [0.15, 0.2) is 0 Å². The lowest BCUT2D eigenvalue weighted by Gasteiger charge is -2.24. The molecule has 2 rings (SSSR count). The summed E-state index contributed by atoms with van der Waals surface area (Å²) in [5.41, 5.74) is 0. The summed E-state index contributed by atoms with van der Waals surface area (Å²) in [5.74, 6) is -2.42. The lowest BCUT2D eigenvalue weighted by molar-refractivity contribution is -0.140. The molecule has 1 aromatic heterocycles. The maximum Gasteiger partial charge on any atom is 0.407 e. The molecule has 0 aliphatic carbocycles. The topological polar surface area (TPSA) is 145 Å². The molecule has 1 aromatic rings. The number of nitrogens with one attached hydrogen (secondary N) is 3. The monoisotopic (exact) mass is 456 g/mol. The highest BCUT2D eigenvalue weighted by Crippen LogP contribution is 2.17. The number of Topliss-reactive ketones (excluding diaryl/α,β-unsaturated/α-hetero) is 1. The van der Waals surface area contributed by atoms with Crippen molar-refractivity contribution in [2.75, 3.05) is 33.5 Å². The maximum atomic E-state index is 12.8. The fraction of sp³-hybridized carbons (Fsp3) is 0.632. The number of hydrogen-bond acceptors (Lipinski definition) is 9. The van der Waals surface area contributed by atoms with Crippen molar-refractivity contribution >= 4 is 35.0 Å². The number of ether oxygens (including phenoxy) is 3. The van der Waals surface area contributed by atoms with Gasteiger partial charge in [0.1, 0.15) is 18.7 Å². The van der Waals surface area contributed by atoms with Crippen molar-refractivity contribution in [2.45, 2.75) is 38.9 Å². The van der Waals surface area contributed by atoms with Gasteiger partial charge in [0.25, 0.3) is 5.91 Å². The molecule has 2 atom stereocenters. The summed E-state index contributed by atoms with van der Waals surface area (Å²) < 4.78 is 15.1. The molecule has 11 nitrogen and oxygen atoms in total. The van der Waals surface area contributed by atoms with Crippen molar-refractivity contribution in [3.05, 3.63) is 16.1 Å². The third-order valence-electron chi connectivity index (χ3n) is 4.38. The fourth-order valence-corrected chi connectivity index (χ4v) is 3.63. The Kier molecular flexibility index (Phi) is 9.82. The summed E-state index contributed by atoms with van der Waals surface area (Å²) in [4.78, 5) is 54.5. The van der Waals surface area contributed by atoms with Gasteiger partial charge >= 0.3 is 6.09 Å². The molecule has 1 aliphatic heterocycles. The Hall–Kier alpha value is -2.57. The van der Waals surface area contributed by atoms with Crippen LogP contribution in [0.4, 0.5) is 4.79 Å². The second kappa shape index (κ2) is 12.3. The standard InChI is InChI=1S/C19H28N4O7S/c1-11(2)15(23-19(27)30-7-6-29-5-4-28-3)17(25)22-13-8-14-20-9-12(31-14)10-21-18(26)16(13)24/h9,11,13,15H,4-8,10H2,1-3H3,(H,21,26)(H,22,25)(H,23,27). The van der Waals surface area contributed by atoms with Gasteiger partial charge in [-0.15, -0.1) is 11.3 Å². The van der Waals surface area contributed by atoms with E-state index in [9.17, 15) is 19.2 Å². The van der Waals surface area contributed by atoms with Crippen LogP contribution in [0.3, 0.4) is 0 Å². The minimum atomic E-state index is -1.09. The van der Waals surface area contributed by atoms with Gasteiger partial charge in [-0.3, -0.25) is 14.4 Å². The zero-order chi connectivity index (χ0) is 22.8. The first-order valence-corrected chi connectivity index (χ1v) is 10.7. The Morgan fingerprint density at radius 2 is 2.00 bits per heavy atom. The first kappa shape index (κ1) is 24.7. The molecule has 12 heteroatoms. The van der Waals surface area contributed by atoms with Crippen LogP contribution in [-0.4, -0.2) is 74.3 Å². The number of alkyl carbamates (subject to hydrolysis) is 1. The molecular weight excluding hydrogens is 428 g/mol. The van der Waals surface area contributed by atoms with Crippen LogP contribution in [0.5, 0.6) is 0 Å². The molecule has 0 radical (unpaired) electrons. The summed E-state index contributed by atoms with van der Waals surface area (Å²) in [6.07, 6.45) is 0.936. The van der Waals surface area contributed by atoms with Gasteiger partial charge < -0.3 is 30.2 Å². The zero-order valence-corrected chi connectivity index (χ0v) is 18.6. The summed E-state index contributed by atoms with van der Waals surface area (Å²) >= 11 is 1.36. The highest BCUT2D eigenvalue weighted by atomic mass is 32.1. The Balaban J connectivity index is 1.93. The van der Waals surface area contributed by atoms with Crippen LogP contribution in [0, 0.1) is 5.92 Å². The summed E-state index contributed by atoms with van der Waals surface area (Å²) in [6, 6.07) is -2.05. The number of amides is 3. The van der Waals surface area contributed by atoms with Crippen molar-refractivity contribution in [3.8, 4) is 0 Å². The molecule has 1 aliphatic rings. The molecule has 0 fully saturated rings. The van der Waals surface area contributed by atoms with E-state index in [-0.39, 0.29) is 32.1 Å². The third-order valence-corrected chi connectivity index (χ3v) is 5.39. The molecule has 0 saturated carbocycles. The smallest absolute Gasteiger partial charge is 0.407 e. The third kappa shape index (κ3) is 7.89. The van der Waals surface area contributed by atoms with Crippen LogP contribution >= 0.6 is 11.3 Å². The Morgan fingerprint density at radius 1 is 1.26 bits per heavy atom. The van der Waals surface area contributed by atoms with E-state index >= 15 is 0 Å². The van der Waals surface area contributed by atoms with Gasteiger partial charge in [-0.1, -0.05) is 13.8 Å². The Morgan fingerprint density at radius 3 is 2.71 bits per heavy atom. The molecule has 0 spiro atoms. The van der Waals surface area contributed by atoms with Crippen LogP contribution in [0.25, 0.3) is 0 Å². The minimum absolute atomic E-state index is 0.00957. The van der Waals surface area contributed by atoms with Crippen LogP contribution in [-0.2, 0) is 41.6 Å². The number of nitrogens with zero attached hydrogens (tertiary/aromatic N) is 1. The summed E-state index contributed by atoms with van der Waals surface area (Å²) in [7, 11) is 1.55. The second-order valence-electron chi connectivity index (χ2n) is 7.14. The minimum Gasteiger partial charge on any atom is -0.447 e. The molecule has 0 saturated heterocycles. The highest BCUT2D eigenvalue weighted by molar-refractivity contribution is 7.11. The predicted octanol–water partition coefficient (Wildman–Crippen LogP) is -0.217. The van der Waals surface area contributed by atoms with E-state index in [0.717, 1.165) is 4.88 Å². The number of aromatic nitrogens is 1. The summed E-state index contributed by atoms with van der Waals surface area (Å²) in [6.45, 7) is 4.70. The van der Waals surface area contributed by atoms with Gasteiger partial charge in [0.05, 0.1) is 31.4 Å². The summed E-state index contributed by atoms with van der Waals surface area (Å²) in [5, 5.41) is 8.23. The largest absolute Gasteiger partial charge is 0.447 e. The number of fused-ring (bicyclic) bond motifs is 2. The van der Waals surface area contributed by atoms with E-state index in [1.807, 2.05) is 0 Å². The van der Waals surface area contributed by atoms with Gasteiger partial charge in [-0.05, 0) is 5.92 Å². The second-order valence-corrected chi connectivity index (χ2v) is 8.34. The normalized spacial score (nSPS) is 17.2. The van der Waals surface area contributed by atoms with Crippen molar-refractivity contribution in [1.29, 1.82) is 0 Å². The molecule has 0 aromatic carbocycles. The van der Waals surface area contributed by atoms with E-state index in [0.29, 0.717) is 18.2 Å². The Bertz CT molecular complexity index is 783. The van der Waals surface area contributed by atoms with E-state index in [1.54, 1.807) is 27.2 Å². The van der Waals surface area contributed by atoms with Crippen LogP contribution in [0.15, 0.2) is 6.20 Å². The van der Waals surface area contributed by atoms with Crippen molar-refractivity contribution < 1.29 is 33.4 Å². The zero-order valence-electron chi connectivity index (χ0n) is 17.8. The van der Waals surface area contributed by atoms with E-state index in [1.165, 1.54) is 11.3 Å². The average molecular weight is 457 g/mol. The first-order valence-electron chi connectivity index (χ1n) is 9.87. The molecule has 3 N–H and O–H groups in total. The molecule has 2 bridgehead atoms. The lowest BCUT2D eigenvalue weighted by Crippen LogP contribution is -2.56. The molecule has 31 heavy (non-hydrogen) atoms. The number of methoxy groups -OCH3 is 1. The molecular formula is C19H28N4O7S. The average Bonchev–Trinajstić information content (AvgIpc) is 3.19. The van der Waals surface area contributed by atoms with Crippen molar-refractivity contribution in [3.63, 3.8) is 0 Å². The SMILES string of the molecule is COCCOCCOC(=O)NC(C(=O)NC1Cc2ncc(s2)CNC(=O)C1=O)C(C)C. The Labute approximate surface area is 184 Å². The molecule has 172 valence electrons. The van der Waals surface area contributed by atoms with Crippen molar-refractivity contribution in [1.82, 2.24) is 20.9 Å². The maximum absolute atomic E-state index is 12.8. The van der Waals surface area contributed by atoms with Crippen LogP contribution in [0.1, 0.15) is 23.7 Å². The van der Waals surface area contributed by atoms with Crippen LogP contribution in [0.2, 0.25) is 0 Å². The highest BCUT2D eigenvalue weighted by Gasteiger charge is 2.33. The lowest BCUT2D eigenvalue weighted by atomic mass is 10.0. The van der Waals surface area contributed by atoms with E-state index in [4.69, 9.17) is 14.2 Å². The number of hydrogen-bond donors (Lipinski definition) is 3. The molecule has 2 heterocycles. The van der Waals surface area contributed by atoms with Gasteiger partial charge in [0.2, 0.25) is 11.7 Å².